The molecule has 2 rings (SSSR count). The monoisotopic (exact) mass is 270 g/mol. The second-order valence-corrected chi connectivity index (χ2v) is 4.35. The molecule has 0 spiro atoms. The van der Waals surface area contributed by atoms with Gasteiger partial charge >= 0.3 is 0 Å². The van der Waals surface area contributed by atoms with Gasteiger partial charge in [0.25, 0.3) is 0 Å². The minimum atomic E-state index is -0.679. The molecule has 3 N–H and O–H groups in total. The van der Waals surface area contributed by atoms with Crippen LogP contribution >= 0.6 is 15.9 Å². The molecule has 1 aromatic heterocycles. The van der Waals surface area contributed by atoms with Gasteiger partial charge in [0.15, 0.2) is 5.58 Å². The normalized spacial score (nSPS) is 15.5. The first kappa shape index (κ1) is 10.6. The summed E-state index contributed by atoms with van der Waals surface area (Å²) in [6, 6.07) is 4.93. The quantitative estimate of drug-likeness (QED) is 0.875. The van der Waals surface area contributed by atoms with Gasteiger partial charge in [-0.3, -0.25) is 0 Å². The first-order valence-corrected chi connectivity index (χ1v) is 5.37. The molecule has 0 saturated carbocycles. The predicted molar refractivity (Wildman–Crippen MR) is 60.3 cm³/mol. The van der Waals surface area contributed by atoms with Crippen molar-refractivity contribution in [2.24, 2.45) is 5.73 Å². The fourth-order valence-electron chi connectivity index (χ4n) is 1.27. The molecule has 4 nitrogen and oxygen atoms in total. The number of aromatic nitrogens is 1. The third-order valence-electron chi connectivity index (χ3n) is 2.17. The number of hydrogen-bond donors (Lipinski definition) is 2. The molecular weight excluding hydrogens is 260 g/mol. The van der Waals surface area contributed by atoms with Gasteiger partial charge in [-0.15, -0.1) is 0 Å². The van der Waals surface area contributed by atoms with Crippen LogP contribution in [0.3, 0.4) is 0 Å². The Morgan fingerprint density at radius 3 is 2.93 bits per heavy atom. The van der Waals surface area contributed by atoms with E-state index in [0.717, 1.165) is 9.99 Å². The third-order valence-corrected chi connectivity index (χ3v) is 2.66. The highest BCUT2D eigenvalue weighted by Gasteiger charge is 2.18. The van der Waals surface area contributed by atoms with Crippen molar-refractivity contribution in [3.05, 3.63) is 28.6 Å². The van der Waals surface area contributed by atoms with Gasteiger partial charge < -0.3 is 15.3 Å². The fraction of sp³-hybridized carbons (Fsp3) is 0.300. The van der Waals surface area contributed by atoms with Crippen LogP contribution in [0.5, 0.6) is 0 Å². The van der Waals surface area contributed by atoms with Crippen LogP contribution in [-0.4, -0.2) is 16.2 Å². The maximum atomic E-state index is 9.32. The van der Waals surface area contributed by atoms with Crippen LogP contribution in [0.4, 0.5) is 0 Å². The van der Waals surface area contributed by atoms with E-state index in [9.17, 15) is 5.11 Å². The first-order valence-electron chi connectivity index (χ1n) is 4.57. The average Bonchev–Trinajstić information content (AvgIpc) is 2.58. The van der Waals surface area contributed by atoms with E-state index >= 15 is 0 Å². The molecule has 1 aromatic carbocycles. The van der Waals surface area contributed by atoms with Gasteiger partial charge in [-0.05, 0) is 25.1 Å². The van der Waals surface area contributed by atoms with E-state index in [4.69, 9.17) is 10.2 Å². The Hall–Kier alpha value is -0.910. The largest absolute Gasteiger partial charge is 0.439 e. The lowest BCUT2D eigenvalue weighted by atomic mass is 10.2. The molecule has 0 aliphatic carbocycles. The van der Waals surface area contributed by atoms with Gasteiger partial charge in [-0.1, -0.05) is 15.9 Å². The molecule has 2 aromatic rings. The van der Waals surface area contributed by atoms with E-state index in [1.165, 1.54) is 0 Å². The van der Waals surface area contributed by atoms with E-state index in [-0.39, 0.29) is 0 Å². The van der Waals surface area contributed by atoms with E-state index in [1.807, 2.05) is 18.2 Å². The highest BCUT2D eigenvalue weighted by Crippen LogP contribution is 2.23. The van der Waals surface area contributed by atoms with Crippen molar-refractivity contribution >= 4 is 27.0 Å². The molecule has 2 unspecified atom stereocenters. The maximum absolute atomic E-state index is 9.32. The highest BCUT2D eigenvalue weighted by atomic mass is 79.9. The Balaban J connectivity index is 2.47. The van der Waals surface area contributed by atoms with Gasteiger partial charge in [0, 0.05) is 4.47 Å². The lowest BCUT2D eigenvalue weighted by molar-refractivity contribution is 0.152. The van der Waals surface area contributed by atoms with Gasteiger partial charge in [-0.2, -0.15) is 0 Å². The molecule has 2 atom stereocenters. The number of benzene rings is 1. The Morgan fingerprint density at radius 2 is 2.27 bits per heavy atom. The van der Waals surface area contributed by atoms with Gasteiger partial charge in [0.2, 0.25) is 5.89 Å². The van der Waals surface area contributed by atoms with Crippen molar-refractivity contribution < 1.29 is 9.52 Å². The minimum absolute atomic E-state index is 0.359. The number of oxazole rings is 1. The SMILES string of the molecule is CC(O)C(N)c1nc2cc(Br)ccc2o1. The summed E-state index contributed by atoms with van der Waals surface area (Å²) in [6.45, 7) is 1.61. The van der Waals surface area contributed by atoms with Crippen LogP contribution < -0.4 is 5.73 Å². The Bertz CT molecular complexity index is 481. The summed E-state index contributed by atoms with van der Waals surface area (Å²) < 4.78 is 6.36. The number of nitrogens with zero attached hydrogens (tertiary/aromatic N) is 1. The Kier molecular flexibility index (Phi) is 2.77. The molecule has 0 aliphatic rings. The number of aliphatic hydroxyl groups is 1. The molecule has 1 heterocycles. The van der Waals surface area contributed by atoms with Crippen LogP contribution in [0.1, 0.15) is 18.9 Å². The molecule has 80 valence electrons. The van der Waals surface area contributed by atoms with E-state index in [2.05, 4.69) is 20.9 Å². The third kappa shape index (κ3) is 2.04. The molecule has 0 fully saturated rings. The second kappa shape index (κ2) is 3.92. The summed E-state index contributed by atoms with van der Waals surface area (Å²) in [5.74, 6) is 0.359. The lowest BCUT2D eigenvalue weighted by Crippen LogP contribution is -2.23. The summed E-state index contributed by atoms with van der Waals surface area (Å²) in [6.07, 6.45) is -0.679. The van der Waals surface area contributed by atoms with Crippen LogP contribution in [0, 0.1) is 0 Å². The topological polar surface area (TPSA) is 72.3 Å². The van der Waals surface area contributed by atoms with Gasteiger partial charge in [0.1, 0.15) is 11.6 Å². The first-order chi connectivity index (χ1) is 7.08. The fourth-order valence-corrected chi connectivity index (χ4v) is 1.62. The zero-order chi connectivity index (χ0) is 11.0. The van der Waals surface area contributed by atoms with E-state index in [0.29, 0.717) is 11.5 Å². The second-order valence-electron chi connectivity index (χ2n) is 3.43. The number of nitrogens with two attached hydrogens (primary N) is 1. The number of aliphatic hydroxyl groups excluding tert-OH is 1. The lowest BCUT2D eigenvalue weighted by Gasteiger charge is -2.09. The van der Waals surface area contributed by atoms with Crippen molar-refractivity contribution in [2.75, 3.05) is 0 Å². The van der Waals surface area contributed by atoms with Crippen molar-refractivity contribution in [1.82, 2.24) is 4.98 Å². The molecule has 5 heteroatoms. The standard InChI is InChI=1S/C10H11BrN2O2/c1-5(14)9(12)10-13-7-4-6(11)2-3-8(7)15-10/h2-5,9,14H,12H2,1H3. The Morgan fingerprint density at radius 1 is 1.53 bits per heavy atom. The van der Waals surface area contributed by atoms with Gasteiger partial charge in [-0.25, -0.2) is 4.98 Å². The molecule has 0 bridgehead atoms. The van der Waals surface area contributed by atoms with E-state index in [1.54, 1.807) is 6.92 Å². The Labute approximate surface area is 95.2 Å². The van der Waals surface area contributed by atoms with Crippen LogP contribution in [-0.2, 0) is 0 Å². The summed E-state index contributed by atoms with van der Waals surface area (Å²) in [5.41, 5.74) is 7.12. The summed E-state index contributed by atoms with van der Waals surface area (Å²) >= 11 is 3.35. The number of hydrogen-bond acceptors (Lipinski definition) is 4. The molecular formula is C10H11BrN2O2. The smallest absolute Gasteiger partial charge is 0.215 e. The molecule has 0 saturated heterocycles. The summed E-state index contributed by atoms with van der Waals surface area (Å²) in [5, 5.41) is 9.32. The molecule has 0 radical (unpaired) electrons. The number of fused-ring (bicyclic) bond motifs is 1. The maximum Gasteiger partial charge on any atom is 0.215 e. The van der Waals surface area contributed by atoms with E-state index < -0.39 is 12.1 Å². The zero-order valence-corrected chi connectivity index (χ0v) is 9.73. The van der Waals surface area contributed by atoms with Crippen molar-refractivity contribution in [3.63, 3.8) is 0 Å². The highest BCUT2D eigenvalue weighted by molar-refractivity contribution is 9.10. The summed E-state index contributed by atoms with van der Waals surface area (Å²) in [4.78, 5) is 4.21. The number of rotatable bonds is 2. The van der Waals surface area contributed by atoms with Crippen molar-refractivity contribution in [2.45, 2.75) is 19.1 Å². The summed E-state index contributed by atoms with van der Waals surface area (Å²) in [7, 11) is 0. The minimum Gasteiger partial charge on any atom is -0.439 e. The average molecular weight is 271 g/mol. The predicted octanol–water partition coefficient (Wildman–Crippen LogP) is 1.97. The molecule has 15 heavy (non-hydrogen) atoms. The zero-order valence-electron chi connectivity index (χ0n) is 8.14. The molecule has 0 amide bonds. The number of halogens is 1. The molecule has 0 aliphatic heterocycles. The van der Waals surface area contributed by atoms with Crippen molar-refractivity contribution in [3.8, 4) is 0 Å². The van der Waals surface area contributed by atoms with Crippen LogP contribution in [0.25, 0.3) is 11.1 Å². The van der Waals surface area contributed by atoms with Gasteiger partial charge in [0.05, 0.1) is 6.10 Å². The van der Waals surface area contributed by atoms with Crippen LogP contribution in [0.2, 0.25) is 0 Å². The van der Waals surface area contributed by atoms with Crippen LogP contribution in [0.15, 0.2) is 27.1 Å². The van der Waals surface area contributed by atoms with Crippen molar-refractivity contribution in [1.29, 1.82) is 0 Å².